The van der Waals surface area contributed by atoms with Crippen LogP contribution in [0.25, 0.3) is 0 Å². The second-order valence-electron chi connectivity index (χ2n) is 5.59. The first kappa shape index (κ1) is 19.5. The van der Waals surface area contributed by atoms with E-state index in [1.54, 1.807) is 36.4 Å². The van der Waals surface area contributed by atoms with Gasteiger partial charge in [0.2, 0.25) is 6.29 Å². The molecule has 0 fully saturated rings. The summed E-state index contributed by atoms with van der Waals surface area (Å²) in [4.78, 5) is 0. The van der Waals surface area contributed by atoms with Gasteiger partial charge in [0.25, 0.3) is 0 Å². The maximum absolute atomic E-state index is 5.86. The smallest absolute Gasteiger partial charge is 0.202 e. The van der Waals surface area contributed by atoms with Crippen LogP contribution in [-0.4, -0.2) is 26.3 Å². The summed E-state index contributed by atoms with van der Waals surface area (Å²) in [5.74, 6) is 1.01. The Balaban J connectivity index is 1.69. The van der Waals surface area contributed by atoms with Crippen molar-refractivity contribution in [2.24, 2.45) is 0 Å². The van der Waals surface area contributed by atoms with Crippen molar-refractivity contribution in [2.45, 2.75) is 19.6 Å². The monoisotopic (exact) mass is 362 g/mol. The van der Waals surface area contributed by atoms with Crippen molar-refractivity contribution in [3.05, 3.63) is 36.4 Å². The minimum absolute atomic E-state index is 0.0521. The van der Waals surface area contributed by atoms with E-state index in [-0.39, 0.29) is 6.79 Å². The fourth-order valence-electron chi connectivity index (χ4n) is 2.10. The Morgan fingerprint density at radius 1 is 0.846 bits per heavy atom. The Kier molecular flexibility index (Phi) is 7.19. The summed E-state index contributed by atoms with van der Waals surface area (Å²) >= 11 is 0. The van der Waals surface area contributed by atoms with E-state index in [0.717, 1.165) is 0 Å². The maximum atomic E-state index is 5.86. The van der Waals surface area contributed by atoms with Crippen LogP contribution in [0, 0.1) is 0 Å². The normalized spacial score (nSPS) is 11.9. The molecule has 0 amide bonds. The lowest BCUT2D eigenvalue weighted by Crippen LogP contribution is -2.22. The fraction of sp³-hybridized carbons (Fsp3) is 0.333. The number of ether oxygens (including phenoxy) is 4. The molecule has 8 heteroatoms. The van der Waals surface area contributed by atoms with Crippen LogP contribution in [0.15, 0.2) is 36.4 Å². The van der Waals surface area contributed by atoms with Gasteiger partial charge in [-0.1, -0.05) is 6.92 Å². The maximum Gasteiger partial charge on any atom is 0.202 e. The van der Waals surface area contributed by atoms with Crippen molar-refractivity contribution in [1.29, 1.82) is 0 Å². The Bertz CT molecular complexity index is 712. The lowest BCUT2D eigenvalue weighted by Gasteiger charge is -2.19. The van der Waals surface area contributed by atoms with E-state index < -0.39 is 6.29 Å². The summed E-state index contributed by atoms with van der Waals surface area (Å²) < 4.78 is 22.2. The molecule has 0 spiro atoms. The average molecular weight is 362 g/mol. The SMILES string of the molecule is CCC(OCOCCOc1cc(N)ccc1N)Oc1cc(N)ccc1N. The second kappa shape index (κ2) is 9.59. The quantitative estimate of drug-likeness (QED) is 0.286. The van der Waals surface area contributed by atoms with Gasteiger partial charge < -0.3 is 41.9 Å². The van der Waals surface area contributed by atoms with Gasteiger partial charge in [-0.2, -0.15) is 0 Å². The molecule has 2 aromatic carbocycles. The van der Waals surface area contributed by atoms with Crippen molar-refractivity contribution in [3.63, 3.8) is 0 Å². The molecule has 1 atom stereocenters. The van der Waals surface area contributed by atoms with Crippen LogP contribution in [0.3, 0.4) is 0 Å². The number of hydrogen-bond acceptors (Lipinski definition) is 8. The van der Waals surface area contributed by atoms with Crippen LogP contribution >= 0.6 is 0 Å². The zero-order valence-electron chi connectivity index (χ0n) is 14.8. The number of rotatable bonds is 10. The minimum Gasteiger partial charge on any atom is -0.489 e. The summed E-state index contributed by atoms with van der Waals surface area (Å²) in [6, 6.07) is 10.1. The zero-order chi connectivity index (χ0) is 18.9. The largest absolute Gasteiger partial charge is 0.489 e. The highest BCUT2D eigenvalue weighted by atomic mass is 16.7. The van der Waals surface area contributed by atoms with Crippen molar-refractivity contribution in [2.75, 3.05) is 42.9 Å². The van der Waals surface area contributed by atoms with Gasteiger partial charge in [-0.25, -0.2) is 0 Å². The summed E-state index contributed by atoms with van der Waals surface area (Å²) in [7, 11) is 0. The average Bonchev–Trinajstić information content (AvgIpc) is 2.62. The Hall–Kier alpha value is -2.84. The topological polar surface area (TPSA) is 141 Å². The highest BCUT2D eigenvalue weighted by molar-refractivity contribution is 5.60. The molecule has 0 radical (unpaired) electrons. The Labute approximate surface area is 152 Å². The van der Waals surface area contributed by atoms with Gasteiger partial charge in [0.15, 0.2) is 6.79 Å². The van der Waals surface area contributed by atoms with Crippen LogP contribution in [0.2, 0.25) is 0 Å². The minimum atomic E-state index is -0.496. The number of nitrogens with two attached hydrogens (primary N) is 4. The molecular formula is C18H26N4O4. The van der Waals surface area contributed by atoms with E-state index in [1.165, 1.54) is 0 Å². The third-order valence-corrected chi connectivity index (χ3v) is 3.49. The number of nitrogen functional groups attached to an aromatic ring is 4. The van der Waals surface area contributed by atoms with E-state index in [0.29, 0.717) is 53.9 Å². The van der Waals surface area contributed by atoms with Crippen LogP contribution in [-0.2, 0) is 9.47 Å². The summed E-state index contributed by atoms with van der Waals surface area (Å²) in [5.41, 5.74) is 25.3. The lowest BCUT2D eigenvalue weighted by molar-refractivity contribution is -0.159. The molecule has 0 aromatic heterocycles. The van der Waals surface area contributed by atoms with Gasteiger partial charge >= 0.3 is 0 Å². The highest BCUT2D eigenvalue weighted by Gasteiger charge is 2.11. The first-order chi connectivity index (χ1) is 12.5. The summed E-state index contributed by atoms with van der Waals surface area (Å²) in [6.07, 6.45) is 0.123. The summed E-state index contributed by atoms with van der Waals surface area (Å²) in [6.45, 7) is 2.62. The van der Waals surface area contributed by atoms with Crippen molar-refractivity contribution in [1.82, 2.24) is 0 Å². The van der Waals surface area contributed by atoms with Gasteiger partial charge in [-0.05, 0) is 24.3 Å². The number of anilines is 4. The molecule has 8 N–H and O–H groups in total. The molecule has 2 rings (SSSR count). The van der Waals surface area contributed by atoms with E-state index >= 15 is 0 Å². The molecule has 26 heavy (non-hydrogen) atoms. The predicted molar refractivity (Wildman–Crippen MR) is 103 cm³/mol. The van der Waals surface area contributed by atoms with Crippen molar-refractivity contribution >= 4 is 22.7 Å². The molecule has 8 nitrogen and oxygen atoms in total. The second-order valence-corrected chi connectivity index (χ2v) is 5.59. The molecule has 142 valence electrons. The molecule has 0 saturated carbocycles. The number of benzene rings is 2. The Morgan fingerprint density at radius 2 is 1.46 bits per heavy atom. The van der Waals surface area contributed by atoms with Crippen LogP contribution in [0.1, 0.15) is 13.3 Å². The molecular weight excluding hydrogens is 336 g/mol. The lowest BCUT2D eigenvalue weighted by atomic mass is 10.2. The van der Waals surface area contributed by atoms with E-state index in [2.05, 4.69) is 0 Å². The van der Waals surface area contributed by atoms with E-state index in [1.807, 2.05) is 6.92 Å². The van der Waals surface area contributed by atoms with Crippen LogP contribution in [0.5, 0.6) is 11.5 Å². The Morgan fingerprint density at radius 3 is 2.12 bits per heavy atom. The van der Waals surface area contributed by atoms with E-state index in [9.17, 15) is 0 Å². The standard InChI is InChI=1S/C18H26N4O4/c1-2-18(26-17-10-13(20)4-6-15(17)22)25-11-23-7-8-24-16-9-12(19)3-5-14(16)21/h3-6,9-10,18H,2,7-8,11,19-22H2,1H3. The molecule has 0 aliphatic rings. The van der Waals surface area contributed by atoms with Gasteiger partial charge in [-0.3, -0.25) is 0 Å². The molecule has 0 aliphatic carbocycles. The summed E-state index contributed by atoms with van der Waals surface area (Å²) in [5, 5.41) is 0. The van der Waals surface area contributed by atoms with Crippen LogP contribution < -0.4 is 32.4 Å². The molecule has 0 heterocycles. The van der Waals surface area contributed by atoms with E-state index in [4.69, 9.17) is 41.9 Å². The molecule has 2 aromatic rings. The van der Waals surface area contributed by atoms with Gasteiger partial charge in [0, 0.05) is 29.9 Å². The van der Waals surface area contributed by atoms with Gasteiger partial charge in [0.05, 0.1) is 18.0 Å². The molecule has 0 saturated heterocycles. The zero-order valence-corrected chi connectivity index (χ0v) is 14.8. The first-order valence-corrected chi connectivity index (χ1v) is 8.28. The van der Waals surface area contributed by atoms with Gasteiger partial charge in [0.1, 0.15) is 18.1 Å². The molecule has 1 unspecified atom stereocenters. The van der Waals surface area contributed by atoms with Gasteiger partial charge in [-0.15, -0.1) is 0 Å². The highest BCUT2D eigenvalue weighted by Crippen LogP contribution is 2.26. The molecule has 0 aliphatic heterocycles. The van der Waals surface area contributed by atoms with Crippen molar-refractivity contribution in [3.8, 4) is 11.5 Å². The van der Waals surface area contributed by atoms with Crippen molar-refractivity contribution < 1.29 is 18.9 Å². The molecule has 0 bridgehead atoms. The fourth-order valence-corrected chi connectivity index (χ4v) is 2.10. The van der Waals surface area contributed by atoms with Crippen LogP contribution in [0.4, 0.5) is 22.7 Å². The first-order valence-electron chi connectivity index (χ1n) is 8.28. The third kappa shape index (κ3) is 5.91. The third-order valence-electron chi connectivity index (χ3n) is 3.49. The predicted octanol–water partition coefficient (Wildman–Crippen LogP) is 2.20. The number of hydrogen-bond donors (Lipinski definition) is 4.